The minimum absolute atomic E-state index is 0.303. The summed E-state index contributed by atoms with van der Waals surface area (Å²) in [5.41, 5.74) is 1.60. The van der Waals surface area contributed by atoms with Crippen molar-refractivity contribution in [2.24, 2.45) is 0 Å². The highest BCUT2D eigenvalue weighted by atomic mass is 79.9. The number of hydrogen-bond donors (Lipinski definition) is 1. The second-order valence-electron chi connectivity index (χ2n) is 5.57. The van der Waals surface area contributed by atoms with Gasteiger partial charge in [-0.3, -0.25) is 0 Å². The average molecular weight is 412 g/mol. The standard InChI is InChI=1S/C18H16BrClO4/c1-23-17(22)14-4-2-12(19)9-16(14)18(10-21)15-5-3-13(20)8-11(15)6-7-24-18/h2-5,8-9,21H,6-7,10H2,1H3/t18-/m1/s1. The Bertz CT molecular complexity index is 793. The molecule has 2 aromatic carbocycles. The van der Waals surface area contributed by atoms with Crippen molar-refractivity contribution in [3.8, 4) is 0 Å². The molecule has 1 aliphatic rings. The fraction of sp³-hybridized carbons (Fsp3) is 0.278. The Hall–Kier alpha value is -1.40. The molecule has 4 nitrogen and oxygen atoms in total. The Balaban J connectivity index is 2.28. The molecule has 3 rings (SSSR count). The molecule has 0 saturated carbocycles. The third-order valence-corrected chi connectivity index (χ3v) is 5.00. The lowest BCUT2D eigenvalue weighted by Crippen LogP contribution is -2.41. The number of aliphatic hydroxyl groups is 1. The zero-order chi connectivity index (χ0) is 17.3. The van der Waals surface area contributed by atoms with Gasteiger partial charge in [-0.25, -0.2) is 4.79 Å². The van der Waals surface area contributed by atoms with Gasteiger partial charge in [0.2, 0.25) is 0 Å². The maximum Gasteiger partial charge on any atom is 0.338 e. The third kappa shape index (κ3) is 2.86. The molecule has 0 aliphatic carbocycles. The lowest BCUT2D eigenvalue weighted by Gasteiger charge is -2.39. The molecule has 0 amide bonds. The van der Waals surface area contributed by atoms with Crippen LogP contribution in [0.3, 0.4) is 0 Å². The highest BCUT2D eigenvalue weighted by Crippen LogP contribution is 2.42. The maximum atomic E-state index is 12.2. The Morgan fingerprint density at radius 3 is 2.83 bits per heavy atom. The molecular formula is C18H16BrClO4. The quantitative estimate of drug-likeness (QED) is 0.783. The number of carbonyl (C=O) groups excluding carboxylic acids is 1. The molecule has 1 N–H and O–H groups in total. The summed E-state index contributed by atoms with van der Waals surface area (Å²) in [7, 11) is 1.33. The van der Waals surface area contributed by atoms with E-state index in [9.17, 15) is 9.90 Å². The number of hydrogen-bond acceptors (Lipinski definition) is 4. The van der Waals surface area contributed by atoms with E-state index in [4.69, 9.17) is 21.1 Å². The number of carbonyl (C=O) groups is 1. The molecule has 1 heterocycles. The van der Waals surface area contributed by atoms with Gasteiger partial charge in [-0.2, -0.15) is 0 Å². The number of rotatable bonds is 3. The molecule has 126 valence electrons. The summed E-state index contributed by atoms with van der Waals surface area (Å²) in [5.74, 6) is -0.477. The van der Waals surface area contributed by atoms with Crippen molar-refractivity contribution in [3.63, 3.8) is 0 Å². The molecular weight excluding hydrogens is 396 g/mol. The first-order chi connectivity index (χ1) is 11.5. The summed E-state index contributed by atoms with van der Waals surface area (Å²) in [4.78, 5) is 12.2. The highest BCUT2D eigenvalue weighted by molar-refractivity contribution is 9.10. The molecule has 6 heteroatoms. The smallest absolute Gasteiger partial charge is 0.338 e. The number of aliphatic hydroxyl groups excluding tert-OH is 1. The van der Waals surface area contributed by atoms with Crippen LogP contribution in [0, 0.1) is 0 Å². The van der Waals surface area contributed by atoms with Crippen LogP contribution in [0.1, 0.15) is 27.0 Å². The van der Waals surface area contributed by atoms with Gasteiger partial charge in [0.05, 0.1) is 25.9 Å². The van der Waals surface area contributed by atoms with Crippen LogP contribution in [-0.2, 0) is 21.5 Å². The van der Waals surface area contributed by atoms with Crippen molar-refractivity contribution >= 4 is 33.5 Å². The zero-order valence-corrected chi connectivity index (χ0v) is 15.4. The fourth-order valence-electron chi connectivity index (χ4n) is 3.15. The normalized spacial score (nSPS) is 19.7. The van der Waals surface area contributed by atoms with Crippen LogP contribution in [0.4, 0.5) is 0 Å². The van der Waals surface area contributed by atoms with E-state index in [2.05, 4.69) is 15.9 Å². The molecule has 0 radical (unpaired) electrons. The highest BCUT2D eigenvalue weighted by Gasteiger charge is 2.42. The van der Waals surface area contributed by atoms with Gasteiger partial charge in [0.15, 0.2) is 0 Å². The van der Waals surface area contributed by atoms with E-state index >= 15 is 0 Å². The summed E-state index contributed by atoms with van der Waals surface area (Å²) in [6.07, 6.45) is 0.694. The Labute approximate surface area is 153 Å². The largest absolute Gasteiger partial charge is 0.465 e. The molecule has 1 aliphatic heterocycles. The summed E-state index contributed by atoms with van der Waals surface area (Å²) in [5, 5.41) is 10.9. The van der Waals surface area contributed by atoms with Gasteiger partial charge < -0.3 is 14.6 Å². The molecule has 0 saturated heterocycles. The topological polar surface area (TPSA) is 55.8 Å². The van der Waals surface area contributed by atoms with Crippen molar-refractivity contribution in [1.82, 2.24) is 0 Å². The van der Waals surface area contributed by atoms with E-state index in [0.29, 0.717) is 29.2 Å². The predicted octanol–water partition coefficient (Wildman–Crippen LogP) is 3.70. The summed E-state index contributed by atoms with van der Waals surface area (Å²) in [6, 6.07) is 10.7. The lowest BCUT2D eigenvalue weighted by molar-refractivity contribution is -0.0644. The summed E-state index contributed by atoms with van der Waals surface area (Å²) >= 11 is 9.53. The number of halogens is 2. The zero-order valence-electron chi connectivity index (χ0n) is 13.0. The number of esters is 1. The van der Waals surface area contributed by atoms with Crippen molar-refractivity contribution in [3.05, 3.63) is 68.1 Å². The van der Waals surface area contributed by atoms with Crippen molar-refractivity contribution < 1.29 is 19.4 Å². The van der Waals surface area contributed by atoms with Gasteiger partial charge in [-0.1, -0.05) is 33.6 Å². The SMILES string of the molecule is COC(=O)c1ccc(Br)cc1[C@]1(CO)OCCc2cc(Cl)ccc21. The minimum atomic E-state index is -1.13. The monoisotopic (exact) mass is 410 g/mol. The maximum absolute atomic E-state index is 12.2. The van der Waals surface area contributed by atoms with Crippen LogP contribution >= 0.6 is 27.5 Å². The second kappa shape index (κ2) is 6.84. The van der Waals surface area contributed by atoms with E-state index < -0.39 is 11.6 Å². The van der Waals surface area contributed by atoms with Crippen LogP contribution < -0.4 is 0 Å². The molecule has 1 atom stereocenters. The summed E-state index contributed by atoms with van der Waals surface area (Å²) < 4.78 is 11.7. The van der Waals surface area contributed by atoms with E-state index in [-0.39, 0.29) is 6.61 Å². The van der Waals surface area contributed by atoms with Crippen LogP contribution in [0.2, 0.25) is 5.02 Å². The van der Waals surface area contributed by atoms with E-state index in [1.165, 1.54) is 7.11 Å². The van der Waals surface area contributed by atoms with Crippen molar-refractivity contribution in [2.45, 2.75) is 12.0 Å². The second-order valence-corrected chi connectivity index (χ2v) is 6.92. The molecule has 0 bridgehead atoms. The van der Waals surface area contributed by atoms with Gasteiger partial charge in [0, 0.05) is 15.1 Å². The van der Waals surface area contributed by atoms with Crippen molar-refractivity contribution in [1.29, 1.82) is 0 Å². The first-order valence-electron chi connectivity index (χ1n) is 7.44. The van der Waals surface area contributed by atoms with Crippen LogP contribution in [0.25, 0.3) is 0 Å². The number of fused-ring (bicyclic) bond motifs is 1. The van der Waals surface area contributed by atoms with E-state index in [0.717, 1.165) is 15.6 Å². The Morgan fingerprint density at radius 1 is 1.33 bits per heavy atom. The van der Waals surface area contributed by atoms with Gasteiger partial charge in [-0.15, -0.1) is 0 Å². The first-order valence-corrected chi connectivity index (χ1v) is 8.61. The number of ether oxygens (including phenoxy) is 2. The van der Waals surface area contributed by atoms with Crippen LogP contribution in [0.15, 0.2) is 40.9 Å². The fourth-order valence-corrected chi connectivity index (χ4v) is 3.71. The third-order valence-electron chi connectivity index (χ3n) is 4.27. The molecule has 0 fully saturated rings. The molecule has 2 aromatic rings. The Kier molecular flexibility index (Phi) is 4.97. The predicted molar refractivity (Wildman–Crippen MR) is 94.5 cm³/mol. The summed E-state index contributed by atoms with van der Waals surface area (Å²) in [6.45, 7) is 0.114. The van der Waals surface area contributed by atoms with Gasteiger partial charge >= 0.3 is 5.97 Å². The van der Waals surface area contributed by atoms with Gasteiger partial charge in [0.1, 0.15) is 5.60 Å². The molecule has 0 spiro atoms. The van der Waals surface area contributed by atoms with Crippen molar-refractivity contribution in [2.75, 3.05) is 20.3 Å². The molecule has 0 unspecified atom stereocenters. The molecule has 0 aromatic heterocycles. The van der Waals surface area contributed by atoms with Gasteiger partial charge in [-0.05, 0) is 47.9 Å². The van der Waals surface area contributed by atoms with Gasteiger partial charge in [0.25, 0.3) is 0 Å². The average Bonchev–Trinajstić information content (AvgIpc) is 2.60. The van der Waals surface area contributed by atoms with Crippen LogP contribution in [0.5, 0.6) is 0 Å². The van der Waals surface area contributed by atoms with E-state index in [1.54, 1.807) is 24.3 Å². The van der Waals surface area contributed by atoms with E-state index in [1.807, 2.05) is 12.1 Å². The number of methoxy groups -OCH3 is 1. The lowest BCUT2D eigenvalue weighted by atomic mass is 9.79. The van der Waals surface area contributed by atoms with Crippen LogP contribution in [-0.4, -0.2) is 31.4 Å². The molecule has 24 heavy (non-hydrogen) atoms. The first kappa shape index (κ1) is 17.4. The number of benzene rings is 2. The minimum Gasteiger partial charge on any atom is -0.465 e. The Morgan fingerprint density at radius 2 is 2.12 bits per heavy atom.